The second-order valence-corrected chi connectivity index (χ2v) is 14.6. The van der Waals surface area contributed by atoms with Crippen LogP contribution < -0.4 is 0 Å². The van der Waals surface area contributed by atoms with Gasteiger partial charge in [0.25, 0.3) is 0 Å². The molecule has 55 heavy (non-hydrogen) atoms. The number of likely N-dealkylation sites (N-methyl/N-ethyl adjacent to an activating group) is 1. The molecule has 0 heterocycles. The summed E-state index contributed by atoms with van der Waals surface area (Å²) in [7, 11) is 5.49. The summed E-state index contributed by atoms with van der Waals surface area (Å²) in [6, 6.07) is -0.629. The van der Waals surface area contributed by atoms with Gasteiger partial charge in [-0.05, 0) is 64.2 Å². The Balaban J connectivity index is 4.50. The number of quaternary nitrogens is 1. The first-order valence-electron chi connectivity index (χ1n) is 20.8. The van der Waals surface area contributed by atoms with E-state index in [1.165, 1.54) is 12.8 Å². The van der Waals surface area contributed by atoms with Gasteiger partial charge in [0.1, 0.15) is 6.61 Å². The van der Waals surface area contributed by atoms with Crippen molar-refractivity contribution in [3.63, 3.8) is 0 Å². The number of carbonyl (C=O) groups is 3. The Hall–Kier alpha value is -3.75. The molecule has 0 aliphatic rings. The zero-order chi connectivity index (χ0) is 40.7. The predicted octanol–water partition coefficient (Wildman–Crippen LogP) is 11.1. The summed E-state index contributed by atoms with van der Waals surface area (Å²) >= 11 is 0. The van der Waals surface area contributed by atoms with Crippen molar-refractivity contribution in [3.05, 3.63) is 97.2 Å². The van der Waals surface area contributed by atoms with E-state index < -0.39 is 18.1 Å². The molecule has 1 N–H and O–H groups in total. The highest BCUT2D eigenvalue weighted by atomic mass is 16.6. The number of unbranched alkanes of at least 4 members (excludes halogenated alkanes) is 9. The second kappa shape index (κ2) is 37.2. The van der Waals surface area contributed by atoms with Crippen LogP contribution in [-0.4, -0.2) is 80.6 Å². The van der Waals surface area contributed by atoms with E-state index in [2.05, 4.69) is 62.5 Å². The third-order valence-electron chi connectivity index (χ3n) is 8.61. The van der Waals surface area contributed by atoms with Gasteiger partial charge in [0.05, 0.1) is 34.4 Å². The van der Waals surface area contributed by atoms with Gasteiger partial charge in [-0.2, -0.15) is 0 Å². The van der Waals surface area contributed by atoms with Crippen molar-refractivity contribution in [2.45, 2.75) is 142 Å². The molecule has 0 aliphatic heterocycles. The van der Waals surface area contributed by atoms with Gasteiger partial charge in [-0.25, -0.2) is 4.79 Å². The minimum Gasteiger partial charge on any atom is -0.477 e. The number of hydrogen-bond acceptors (Lipinski definition) is 6. The molecule has 0 aliphatic carbocycles. The maximum atomic E-state index is 12.7. The summed E-state index contributed by atoms with van der Waals surface area (Å²) in [6.07, 6.45) is 48.8. The summed E-state index contributed by atoms with van der Waals surface area (Å²) in [5.74, 6) is -1.56. The Kier molecular flexibility index (Phi) is 34.7. The van der Waals surface area contributed by atoms with Gasteiger partial charge >= 0.3 is 17.9 Å². The fraction of sp³-hybridized carbons (Fsp3) is 0.596. The van der Waals surface area contributed by atoms with Crippen LogP contribution in [0.3, 0.4) is 0 Å². The largest absolute Gasteiger partial charge is 0.477 e. The Bertz CT molecular complexity index is 1220. The van der Waals surface area contributed by atoms with Gasteiger partial charge in [-0.1, -0.05) is 143 Å². The number of allylic oxidation sites excluding steroid dienone is 16. The van der Waals surface area contributed by atoms with E-state index in [0.717, 1.165) is 83.5 Å². The van der Waals surface area contributed by atoms with Crippen molar-refractivity contribution in [2.75, 3.05) is 41.0 Å². The minimum absolute atomic E-state index is 0.0348. The zero-order valence-electron chi connectivity index (χ0n) is 35.1. The van der Waals surface area contributed by atoms with Crippen LogP contribution in [0.4, 0.5) is 0 Å². The molecule has 2 unspecified atom stereocenters. The number of esters is 2. The van der Waals surface area contributed by atoms with E-state index in [4.69, 9.17) is 14.2 Å². The minimum atomic E-state index is -0.889. The lowest BCUT2D eigenvalue weighted by Crippen LogP contribution is -2.50. The molecule has 0 aromatic heterocycles. The van der Waals surface area contributed by atoms with Crippen molar-refractivity contribution in [2.24, 2.45) is 0 Å². The lowest BCUT2D eigenvalue weighted by atomic mass is 10.1. The monoisotopic (exact) mass is 767 g/mol. The van der Waals surface area contributed by atoms with E-state index in [-0.39, 0.29) is 36.2 Å². The second-order valence-electron chi connectivity index (χ2n) is 14.6. The van der Waals surface area contributed by atoms with E-state index in [1.54, 1.807) is 0 Å². The number of rotatable bonds is 35. The molecule has 310 valence electrons. The van der Waals surface area contributed by atoms with Gasteiger partial charge in [0.2, 0.25) is 0 Å². The summed E-state index contributed by atoms with van der Waals surface area (Å²) in [5.41, 5.74) is 0. The Morgan fingerprint density at radius 3 is 1.65 bits per heavy atom. The van der Waals surface area contributed by atoms with Crippen LogP contribution in [0.2, 0.25) is 0 Å². The molecule has 8 heteroatoms. The third kappa shape index (κ3) is 35.7. The van der Waals surface area contributed by atoms with Crippen LogP contribution in [0.1, 0.15) is 129 Å². The molecule has 0 fully saturated rings. The van der Waals surface area contributed by atoms with Gasteiger partial charge < -0.3 is 23.8 Å². The number of nitrogens with zero attached hydrogens (tertiary/aromatic N) is 1. The topological polar surface area (TPSA) is 99.1 Å². The quantitative estimate of drug-likeness (QED) is 0.0225. The summed E-state index contributed by atoms with van der Waals surface area (Å²) < 4.78 is 17.2. The van der Waals surface area contributed by atoms with Crippen molar-refractivity contribution in [1.82, 2.24) is 0 Å². The highest BCUT2D eigenvalue weighted by Crippen LogP contribution is 2.12. The van der Waals surface area contributed by atoms with Crippen LogP contribution in [0.5, 0.6) is 0 Å². The number of ether oxygens (including phenoxy) is 3. The number of hydrogen-bond donors (Lipinski definition) is 1. The number of carbonyl (C=O) groups excluding carboxylic acids is 2. The van der Waals surface area contributed by atoms with Gasteiger partial charge in [-0.3, -0.25) is 9.59 Å². The van der Waals surface area contributed by atoms with Crippen molar-refractivity contribution >= 4 is 17.9 Å². The lowest BCUT2D eigenvalue weighted by molar-refractivity contribution is -0.887. The number of carboxylic acids is 1. The first-order valence-corrected chi connectivity index (χ1v) is 20.8. The average molecular weight is 767 g/mol. The normalized spacial score (nSPS) is 14.0. The number of aliphatic carboxylic acids is 1. The fourth-order valence-electron chi connectivity index (χ4n) is 5.42. The molecule has 0 spiro atoms. The smallest absolute Gasteiger partial charge is 0.362 e. The highest BCUT2D eigenvalue weighted by Gasteiger charge is 2.31. The van der Waals surface area contributed by atoms with Crippen LogP contribution in [0, 0.1) is 0 Å². The Morgan fingerprint density at radius 2 is 1.05 bits per heavy atom. The molecule has 0 radical (unpaired) electrons. The average Bonchev–Trinajstić information content (AvgIpc) is 3.14. The summed E-state index contributed by atoms with van der Waals surface area (Å²) in [5, 5.41) is 9.61. The maximum absolute atomic E-state index is 12.7. The maximum Gasteiger partial charge on any atom is 0.362 e. The molecule has 0 bridgehead atoms. The van der Waals surface area contributed by atoms with Crippen molar-refractivity contribution < 1.29 is 38.2 Å². The fourth-order valence-corrected chi connectivity index (χ4v) is 5.42. The standard InChI is InChI=1S/C47H75NO7/c1-6-8-10-12-14-16-18-20-22-24-26-28-30-32-34-36-38-46(50)55-43(41-53-40-39-44(47(51)52)48(3,4)5)42-54-45(49)37-35-33-31-29-27-25-23-21-19-17-15-13-11-9-7-2/h8-11,13-17,19-23,25,27,43-44H,6-7,12,18,24,26,28-42H2,1-5H3/p+1/b10-8+,11-9+,15-13+,16-14+,19-17+,22-20+,23-21+,27-25+. The first-order chi connectivity index (χ1) is 26.6. The first kappa shape index (κ1) is 51.2. The molecule has 0 amide bonds. The Labute approximate surface area is 335 Å². The van der Waals surface area contributed by atoms with Crippen LogP contribution in [0.15, 0.2) is 97.2 Å². The van der Waals surface area contributed by atoms with E-state index >= 15 is 0 Å². The van der Waals surface area contributed by atoms with Crippen molar-refractivity contribution in [3.8, 4) is 0 Å². The summed E-state index contributed by atoms with van der Waals surface area (Å²) in [4.78, 5) is 36.9. The summed E-state index contributed by atoms with van der Waals surface area (Å²) in [6.45, 7) is 4.39. The number of carboxylic acid groups (broad SMARTS) is 1. The lowest BCUT2D eigenvalue weighted by Gasteiger charge is -2.31. The molecule has 0 aromatic carbocycles. The van der Waals surface area contributed by atoms with Crippen LogP contribution in [-0.2, 0) is 28.6 Å². The van der Waals surface area contributed by atoms with E-state index in [0.29, 0.717) is 19.3 Å². The molecular formula is C47H76NO7+. The van der Waals surface area contributed by atoms with Gasteiger partial charge in [0.15, 0.2) is 12.1 Å². The van der Waals surface area contributed by atoms with Gasteiger partial charge in [-0.15, -0.1) is 0 Å². The van der Waals surface area contributed by atoms with Crippen LogP contribution in [0.25, 0.3) is 0 Å². The van der Waals surface area contributed by atoms with E-state index in [1.807, 2.05) is 69.8 Å². The zero-order valence-corrected chi connectivity index (χ0v) is 35.1. The molecule has 0 aromatic rings. The highest BCUT2D eigenvalue weighted by molar-refractivity contribution is 5.72. The predicted molar refractivity (Wildman–Crippen MR) is 229 cm³/mol. The molecular weight excluding hydrogens is 691 g/mol. The van der Waals surface area contributed by atoms with E-state index in [9.17, 15) is 19.5 Å². The molecule has 8 nitrogen and oxygen atoms in total. The van der Waals surface area contributed by atoms with Gasteiger partial charge in [0, 0.05) is 19.3 Å². The third-order valence-corrected chi connectivity index (χ3v) is 8.61. The van der Waals surface area contributed by atoms with Crippen molar-refractivity contribution in [1.29, 1.82) is 0 Å². The SMILES string of the molecule is CC/C=C/C=C/C=C/C=C/C=C/CCCCCC(=O)OCC(COCCC(C(=O)O)[N+](C)(C)C)OC(=O)CCCCCCCC/C=C/C/C=C/C/C=C/CC. The molecule has 0 rings (SSSR count). The molecule has 0 saturated carbocycles. The molecule has 2 atom stereocenters. The Morgan fingerprint density at radius 1 is 0.564 bits per heavy atom. The molecule has 0 saturated heterocycles. The van der Waals surface area contributed by atoms with Crippen LogP contribution >= 0.6 is 0 Å².